The Labute approximate surface area is 130 Å². The summed E-state index contributed by atoms with van der Waals surface area (Å²) >= 11 is 2.19. The third-order valence-electron chi connectivity index (χ3n) is 3.15. The molecule has 0 saturated carbocycles. The Balaban J connectivity index is 2.28. The number of benzene rings is 1. The number of fused-ring (bicyclic) bond motifs is 1. The van der Waals surface area contributed by atoms with Crippen molar-refractivity contribution in [1.29, 1.82) is 0 Å². The minimum absolute atomic E-state index is 0.528. The lowest BCUT2D eigenvalue weighted by Gasteiger charge is -2.09. The summed E-state index contributed by atoms with van der Waals surface area (Å²) in [6.07, 6.45) is 2.61. The van der Waals surface area contributed by atoms with Crippen LogP contribution in [0.5, 0.6) is 0 Å². The van der Waals surface area contributed by atoms with Crippen LogP contribution in [0.15, 0.2) is 36.5 Å². The lowest BCUT2D eigenvalue weighted by molar-refractivity contribution is 0.995. The highest BCUT2D eigenvalue weighted by Gasteiger charge is 2.12. The number of aryl methyl sites for hydroxylation is 1. The first kappa shape index (κ1) is 13.2. The Morgan fingerprint density at radius 1 is 1.15 bits per heavy atom. The van der Waals surface area contributed by atoms with E-state index in [2.05, 4.69) is 44.5 Å². The van der Waals surface area contributed by atoms with Gasteiger partial charge < -0.3 is 5.73 Å². The minimum atomic E-state index is 0.528. The molecule has 0 bridgehead atoms. The highest BCUT2D eigenvalue weighted by molar-refractivity contribution is 14.1. The molecule has 0 amide bonds. The number of hydrogen-bond donors (Lipinski definition) is 1. The van der Waals surface area contributed by atoms with Crippen LogP contribution in [0.25, 0.3) is 22.3 Å². The number of nitrogen functional groups attached to an aromatic ring is 1. The van der Waals surface area contributed by atoms with Gasteiger partial charge in [0.05, 0.1) is 14.8 Å². The van der Waals surface area contributed by atoms with Crippen molar-refractivity contribution >= 4 is 39.3 Å². The van der Waals surface area contributed by atoms with Crippen molar-refractivity contribution in [2.24, 2.45) is 0 Å². The van der Waals surface area contributed by atoms with E-state index in [0.717, 1.165) is 32.2 Å². The molecule has 0 atom stereocenters. The minimum Gasteiger partial charge on any atom is -0.383 e. The van der Waals surface area contributed by atoms with Gasteiger partial charge in [0.1, 0.15) is 5.82 Å². The number of halogens is 1. The average molecular weight is 376 g/mol. The molecule has 3 rings (SSSR count). The summed E-state index contributed by atoms with van der Waals surface area (Å²) in [5.41, 5.74) is 8.79. The van der Waals surface area contributed by atoms with Crippen LogP contribution in [0.4, 0.5) is 5.82 Å². The van der Waals surface area contributed by atoms with Gasteiger partial charge in [0.15, 0.2) is 5.82 Å². The number of pyridine rings is 1. The number of aromatic nitrogens is 3. The average Bonchev–Trinajstić information content (AvgIpc) is 2.49. The molecule has 100 valence electrons. The maximum Gasteiger partial charge on any atom is 0.164 e. The van der Waals surface area contributed by atoms with Crippen LogP contribution < -0.4 is 5.73 Å². The van der Waals surface area contributed by atoms with Crippen LogP contribution >= 0.6 is 22.6 Å². The Kier molecular flexibility index (Phi) is 3.52. The maximum absolute atomic E-state index is 6.00. The first-order valence-electron chi connectivity index (χ1n) is 6.36. The zero-order valence-electron chi connectivity index (χ0n) is 11.0. The summed E-state index contributed by atoms with van der Waals surface area (Å²) in [7, 11) is 0. The molecule has 5 heteroatoms. The van der Waals surface area contributed by atoms with E-state index in [9.17, 15) is 0 Å². The Bertz CT molecular complexity index is 781. The van der Waals surface area contributed by atoms with Gasteiger partial charge in [-0.25, -0.2) is 9.97 Å². The Morgan fingerprint density at radius 3 is 2.75 bits per heavy atom. The summed E-state index contributed by atoms with van der Waals surface area (Å²) in [6.45, 7) is 2.06. The summed E-state index contributed by atoms with van der Waals surface area (Å²) in [5, 5.41) is 1.07. The van der Waals surface area contributed by atoms with Crippen molar-refractivity contribution in [3.05, 3.63) is 45.8 Å². The monoisotopic (exact) mass is 376 g/mol. The van der Waals surface area contributed by atoms with Gasteiger partial charge in [-0.1, -0.05) is 25.1 Å². The SMILES string of the molecule is CCc1nc(-c2cccc3cccnc23)nc(N)c1I. The fourth-order valence-corrected chi connectivity index (χ4v) is 2.77. The van der Waals surface area contributed by atoms with Crippen molar-refractivity contribution in [2.75, 3.05) is 5.73 Å². The van der Waals surface area contributed by atoms with Crippen LogP contribution in [0.2, 0.25) is 0 Å². The molecule has 0 saturated heterocycles. The second-order valence-corrected chi connectivity index (χ2v) is 5.51. The van der Waals surface area contributed by atoms with E-state index >= 15 is 0 Å². The Morgan fingerprint density at radius 2 is 1.95 bits per heavy atom. The molecule has 0 fully saturated rings. The lowest BCUT2D eigenvalue weighted by atomic mass is 10.1. The largest absolute Gasteiger partial charge is 0.383 e. The molecule has 20 heavy (non-hydrogen) atoms. The first-order valence-corrected chi connectivity index (χ1v) is 7.44. The summed E-state index contributed by atoms with van der Waals surface area (Å²) in [4.78, 5) is 13.5. The zero-order chi connectivity index (χ0) is 14.1. The molecule has 0 unspecified atom stereocenters. The Hall–Kier alpha value is -1.76. The molecule has 2 N–H and O–H groups in total. The van der Waals surface area contributed by atoms with Gasteiger partial charge >= 0.3 is 0 Å². The van der Waals surface area contributed by atoms with Crippen LogP contribution in [-0.4, -0.2) is 15.0 Å². The van der Waals surface area contributed by atoms with Gasteiger partial charge in [-0.3, -0.25) is 4.98 Å². The number of nitrogens with two attached hydrogens (primary N) is 1. The second kappa shape index (κ2) is 5.32. The van der Waals surface area contributed by atoms with E-state index < -0.39 is 0 Å². The van der Waals surface area contributed by atoms with Crippen LogP contribution in [0.1, 0.15) is 12.6 Å². The topological polar surface area (TPSA) is 64.7 Å². The van der Waals surface area contributed by atoms with Gasteiger partial charge in [-0.2, -0.15) is 0 Å². The van der Waals surface area contributed by atoms with Crippen molar-refractivity contribution in [2.45, 2.75) is 13.3 Å². The third kappa shape index (κ3) is 2.22. The molecule has 0 spiro atoms. The normalized spacial score (nSPS) is 10.9. The zero-order valence-corrected chi connectivity index (χ0v) is 13.1. The molecule has 3 aromatic rings. The van der Waals surface area contributed by atoms with Gasteiger partial charge in [0.25, 0.3) is 0 Å². The predicted octanol–water partition coefficient (Wildman–Crippen LogP) is 3.44. The van der Waals surface area contributed by atoms with E-state index in [0.29, 0.717) is 11.6 Å². The maximum atomic E-state index is 6.00. The highest BCUT2D eigenvalue weighted by atomic mass is 127. The molecular formula is C15H13IN4. The summed E-state index contributed by atoms with van der Waals surface area (Å²) < 4.78 is 0.932. The van der Waals surface area contributed by atoms with Crippen LogP contribution in [-0.2, 0) is 6.42 Å². The molecule has 1 aromatic carbocycles. The molecule has 2 aromatic heterocycles. The summed E-state index contributed by atoms with van der Waals surface area (Å²) in [5.74, 6) is 1.17. The molecular weight excluding hydrogens is 363 g/mol. The van der Waals surface area contributed by atoms with E-state index in [1.165, 1.54) is 0 Å². The number of anilines is 1. The molecule has 0 aliphatic rings. The van der Waals surface area contributed by atoms with E-state index in [4.69, 9.17) is 5.73 Å². The number of rotatable bonds is 2. The smallest absolute Gasteiger partial charge is 0.164 e. The van der Waals surface area contributed by atoms with Gasteiger partial charge in [0, 0.05) is 17.1 Å². The first-order chi connectivity index (χ1) is 9.70. The van der Waals surface area contributed by atoms with Gasteiger partial charge in [-0.15, -0.1) is 0 Å². The van der Waals surface area contributed by atoms with Gasteiger partial charge in [0.2, 0.25) is 0 Å². The number of nitrogens with zero attached hydrogens (tertiary/aromatic N) is 3. The molecule has 0 aliphatic heterocycles. The van der Waals surface area contributed by atoms with Crippen molar-refractivity contribution in [1.82, 2.24) is 15.0 Å². The lowest BCUT2D eigenvalue weighted by Crippen LogP contribution is -2.04. The quantitative estimate of drug-likeness (QED) is 0.696. The standard InChI is InChI=1S/C15H13IN4/c1-2-11-12(16)14(17)20-15(19-11)10-7-3-5-9-6-4-8-18-13(9)10/h3-8H,2H2,1H3,(H2,17,19,20). The van der Waals surface area contributed by atoms with Crippen molar-refractivity contribution in [3.8, 4) is 11.4 Å². The summed E-state index contributed by atoms with van der Waals surface area (Å²) in [6, 6.07) is 9.96. The molecule has 0 radical (unpaired) electrons. The molecule has 2 heterocycles. The van der Waals surface area contributed by atoms with Crippen molar-refractivity contribution in [3.63, 3.8) is 0 Å². The molecule has 0 aliphatic carbocycles. The highest BCUT2D eigenvalue weighted by Crippen LogP contribution is 2.27. The second-order valence-electron chi connectivity index (χ2n) is 4.43. The van der Waals surface area contributed by atoms with Gasteiger partial charge in [-0.05, 0) is 41.1 Å². The fraction of sp³-hybridized carbons (Fsp3) is 0.133. The number of para-hydroxylation sites is 1. The van der Waals surface area contributed by atoms with Crippen LogP contribution in [0, 0.1) is 3.57 Å². The third-order valence-corrected chi connectivity index (χ3v) is 4.33. The van der Waals surface area contributed by atoms with E-state index in [-0.39, 0.29) is 0 Å². The fourth-order valence-electron chi connectivity index (χ4n) is 2.15. The van der Waals surface area contributed by atoms with Crippen molar-refractivity contribution < 1.29 is 0 Å². The predicted molar refractivity (Wildman–Crippen MR) is 89.3 cm³/mol. The van der Waals surface area contributed by atoms with Crippen LogP contribution in [0.3, 0.4) is 0 Å². The van der Waals surface area contributed by atoms with E-state index in [1.54, 1.807) is 6.20 Å². The van der Waals surface area contributed by atoms with E-state index in [1.807, 2.05) is 30.3 Å². The molecule has 4 nitrogen and oxygen atoms in total. The number of hydrogen-bond acceptors (Lipinski definition) is 4.